The Bertz CT molecular complexity index is 415. The van der Waals surface area contributed by atoms with Crippen LogP contribution in [0, 0.1) is 0 Å². The van der Waals surface area contributed by atoms with Crippen LogP contribution < -0.4 is 4.74 Å². The molecule has 0 unspecified atom stereocenters. The predicted molar refractivity (Wildman–Crippen MR) is 69.0 cm³/mol. The van der Waals surface area contributed by atoms with Gasteiger partial charge in [0.1, 0.15) is 5.75 Å². The van der Waals surface area contributed by atoms with Gasteiger partial charge in [-0.05, 0) is 25.1 Å². The van der Waals surface area contributed by atoms with Gasteiger partial charge in [-0.1, -0.05) is 17.7 Å². The van der Waals surface area contributed by atoms with Crippen LogP contribution in [0.15, 0.2) is 29.4 Å². The number of allylic oxidation sites excluding steroid dienone is 1. The monoisotopic (exact) mass is 238 g/mol. The molecular formula is C12H15ClN2O. The van der Waals surface area contributed by atoms with Crippen LogP contribution in [0.3, 0.4) is 0 Å². The molecule has 0 amide bonds. The second kappa shape index (κ2) is 5.56. The molecule has 0 aliphatic rings. The van der Waals surface area contributed by atoms with E-state index < -0.39 is 0 Å². The number of halogens is 1. The average Bonchev–Trinajstić information content (AvgIpc) is 2.30. The van der Waals surface area contributed by atoms with E-state index in [9.17, 15) is 0 Å². The molecule has 0 spiro atoms. The van der Waals surface area contributed by atoms with Crippen molar-refractivity contribution in [1.29, 1.82) is 0 Å². The van der Waals surface area contributed by atoms with Crippen molar-refractivity contribution < 1.29 is 4.74 Å². The van der Waals surface area contributed by atoms with E-state index in [1.807, 2.05) is 38.2 Å². The van der Waals surface area contributed by atoms with E-state index in [1.165, 1.54) is 0 Å². The first kappa shape index (κ1) is 12.6. The highest BCUT2D eigenvalue weighted by Crippen LogP contribution is 2.28. The van der Waals surface area contributed by atoms with Gasteiger partial charge in [-0.2, -0.15) is 5.10 Å². The molecule has 0 atom stereocenters. The van der Waals surface area contributed by atoms with Crippen LogP contribution in [-0.2, 0) is 0 Å². The smallest absolute Gasteiger partial charge is 0.137 e. The Hall–Kier alpha value is -1.48. The molecule has 1 aromatic rings. The van der Waals surface area contributed by atoms with Gasteiger partial charge in [-0.15, -0.1) is 0 Å². The van der Waals surface area contributed by atoms with Crippen LogP contribution in [0.5, 0.6) is 5.75 Å². The van der Waals surface area contributed by atoms with E-state index in [-0.39, 0.29) is 0 Å². The molecule has 0 saturated heterocycles. The molecule has 0 heterocycles. The van der Waals surface area contributed by atoms with E-state index in [2.05, 4.69) is 11.8 Å². The summed E-state index contributed by atoms with van der Waals surface area (Å²) < 4.78 is 5.10. The zero-order valence-electron chi connectivity index (χ0n) is 9.70. The number of hydrogen-bond acceptors (Lipinski definition) is 3. The molecule has 0 fully saturated rings. The van der Waals surface area contributed by atoms with E-state index in [0.717, 1.165) is 11.3 Å². The van der Waals surface area contributed by atoms with Crippen LogP contribution in [0.4, 0.5) is 0 Å². The summed E-state index contributed by atoms with van der Waals surface area (Å²) in [4.78, 5) is 0. The van der Waals surface area contributed by atoms with E-state index in [0.29, 0.717) is 10.8 Å². The molecule has 0 bridgehead atoms. The molecule has 3 nitrogen and oxygen atoms in total. The lowest BCUT2D eigenvalue weighted by Gasteiger charge is -2.17. The number of methoxy groups -OCH3 is 1. The average molecular weight is 239 g/mol. The molecular weight excluding hydrogens is 224 g/mol. The maximum Gasteiger partial charge on any atom is 0.137 e. The first-order valence-electron chi connectivity index (χ1n) is 4.84. The van der Waals surface area contributed by atoms with Gasteiger partial charge < -0.3 is 4.74 Å². The lowest BCUT2D eigenvalue weighted by molar-refractivity contribution is 0.415. The predicted octanol–water partition coefficient (Wildman–Crippen LogP) is 3.26. The van der Waals surface area contributed by atoms with Crippen molar-refractivity contribution >= 4 is 24.0 Å². The van der Waals surface area contributed by atoms with Crippen molar-refractivity contribution in [3.8, 4) is 5.75 Å². The number of rotatable bonds is 4. The Morgan fingerprint density at radius 2 is 2.25 bits per heavy atom. The molecule has 0 aromatic heterocycles. The quantitative estimate of drug-likeness (QED) is 0.594. The first-order valence-corrected chi connectivity index (χ1v) is 5.22. The van der Waals surface area contributed by atoms with Gasteiger partial charge in [0.25, 0.3) is 0 Å². The van der Waals surface area contributed by atoms with Gasteiger partial charge in [-0.25, -0.2) is 0 Å². The molecule has 1 rings (SSSR count). The normalized spacial score (nSPS) is 11.1. The molecule has 16 heavy (non-hydrogen) atoms. The minimum atomic E-state index is 0.580. The van der Waals surface area contributed by atoms with Gasteiger partial charge in [0.05, 0.1) is 17.8 Å². The largest absolute Gasteiger partial charge is 0.495 e. The minimum absolute atomic E-state index is 0.580. The highest BCUT2D eigenvalue weighted by atomic mass is 35.5. The fraction of sp³-hybridized carbons (Fsp3) is 0.250. The summed E-state index contributed by atoms with van der Waals surface area (Å²) in [7, 11) is 3.43. The van der Waals surface area contributed by atoms with Gasteiger partial charge in [0.15, 0.2) is 0 Å². The third kappa shape index (κ3) is 2.55. The SMILES string of the molecule is C=NN(C)/C(=C\C)c1ccc(OC)c(Cl)c1. The molecule has 0 aliphatic heterocycles. The molecule has 0 saturated carbocycles. The first-order chi connectivity index (χ1) is 7.63. The highest BCUT2D eigenvalue weighted by molar-refractivity contribution is 6.32. The van der Waals surface area contributed by atoms with Crippen molar-refractivity contribution in [2.45, 2.75) is 6.92 Å². The van der Waals surface area contributed by atoms with Crippen LogP contribution in [0.2, 0.25) is 5.02 Å². The van der Waals surface area contributed by atoms with Gasteiger partial charge in [0, 0.05) is 19.3 Å². The third-order valence-electron chi connectivity index (χ3n) is 2.28. The van der Waals surface area contributed by atoms with E-state index >= 15 is 0 Å². The molecule has 0 radical (unpaired) electrons. The summed E-state index contributed by atoms with van der Waals surface area (Å²) in [5.41, 5.74) is 1.92. The standard InChI is InChI=1S/C12H15ClN2O/c1-5-11(15(3)14-2)9-6-7-12(16-4)10(13)8-9/h5-8H,2H2,1,3-4H3/b11-5-. The molecule has 0 aliphatic carbocycles. The zero-order chi connectivity index (χ0) is 12.1. The number of ether oxygens (including phenoxy) is 1. The number of hydrogen-bond donors (Lipinski definition) is 0. The van der Waals surface area contributed by atoms with Crippen molar-refractivity contribution in [2.75, 3.05) is 14.2 Å². The maximum atomic E-state index is 6.06. The third-order valence-corrected chi connectivity index (χ3v) is 2.58. The van der Waals surface area contributed by atoms with Crippen LogP contribution in [0.1, 0.15) is 12.5 Å². The lowest BCUT2D eigenvalue weighted by atomic mass is 10.1. The van der Waals surface area contributed by atoms with Crippen LogP contribution >= 0.6 is 11.6 Å². The van der Waals surface area contributed by atoms with Crippen molar-refractivity contribution in [2.24, 2.45) is 5.10 Å². The number of nitrogens with zero attached hydrogens (tertiary/aromatic N) is 2. The Morgan fingerprint density at radius 1 is 1.56 bits per heavy atom. The van der Waals surface area contributed by atoms with Gasteiger partial charge in [-0.3, -0.25) is 5.01 Å². The molecule has 4 heteroatoms. The van der Waals surface area contributed by atoms with Crippen LogP contribution in [-0.4, -0.2) is 25.9 Å². The summed E-state index contributed by atoms with van der Waals surface area (Å²) in [6, 6.07) is 5.61. The number of benzene rings is 1. The fourth-order valence-corrected chi connectivity index (χ4v) is 1.70. The minimum Gasteiger partial charge on any atom is -0.495 e. The maximum absolute atomic E-state index is 6.06. The summed E-state index contributed by atoms with van der Waals surface area (Å²) >= 11 is 6.06. The fourth-order valence-electron chi connectivity index (χ4n) is 1.44. The van der Waals surface area contributed by atoms with Crippen molar-refractivity contribution in [3.05, 3.63) is 34.9 Å². The Morgan fingerprint density at radius 3 is 2.69 bits per heavy atom. The summed E-state index contributed by atoms with van der Waals surface area (Å²) in [6.45, 7) is 5.43. The summed E-state index contributed by atoms with van der Waals surface area (Å²) in [5, 5.41) is 6.12. The van der Waals surface area contributed by atoms with E-state index in [4.69, 9.17) is 16.3 Å². The molecule has 0 N–H and O–H groups in total. The van der Waals surface area contributed by atoms with Crippen molar-refractivity contribution in [3.63, 3.8) is 0 Å². The summed E-state index contributed by atoms with van der Waals surface area (Å²) in [6.07, 6.45) is 1.95. The second-order valence-electron chi connectivity index (χ2n) is 3.19. The van der Waals surface area contributed by atoms with Crippen molar-refractivity contribution in [1.82, 2.24) is 5.01 Å². The Balaban J connectivity index is 3.13. The molecule has 1 aromatic carbocycles. The summed E-state index contributed by atoms with van der Waals surface area (Å²) in [5.74, 6) is 0.662. The Kier molecular flexibility index (Phi) is 4.38. The number of hydrazone groups is 1. The lowest BCUT2D eigenvalue weighted by Crippen LogP contribution is -2.08. The zero-order valence-corrected chi connectivity index (χ0v) is 10.5. The van der Waals surface area contributed by atoms with Crippen LogP contribution in [0.25, 0.3) is 5.70 Å². The topological polar surface area (TPSA) is 24.8 Å². The van der Waals surface area contributed by atoms with Gasteiger partial charge >= 0.3 is 0 Å². The Labute approximate surface area is 101 Å². The van der Waals surface area contributed by atoms with Gasteiger partial charge in [0.2, 0.25) is 0 Å². The highest BCUT2D eigenvalue weighted by Gasteiger charge is 2.08. The second-order valence-corrected chi connectivity index (χ2v) is 3.60. The molecule has 86 valence electrons. The van der Waals surface area contributed by atoms with E-state index in [1.54, 1.807) is 12.1 Å².